The number of rotatable bonds is 7. The summed E-state index contributed by atoms with van der Waals surface area (Å²) < 4.78 is 6.66. The maximum Gasteiger partial charge on any atom is 0.277 e. The molecular weight excluding hydrogens is 332 g/mol. The number of aromatic nitrogens is 3. The molecule has 0 saturated heterocycles. The summed E-state index contributed by atoms with van der Waals surface area (Å²) in [6.07, 6.45) is 0.151. The standard InChI is InChI=1S/C19H20N4O3/c1-2-26-15-7-5-6-14(12-15)13-20-18(24)10-11-23-19(25)16-8-3-4-9-17(16)21-22-23/h3-9,12H,2,10-11,13H2,1H3,(H,20,24). The van der Waals surface area contributed by atoms with Gasteiger partial charge in [0.25, 0.3) is 5.56 Å². The van der Waals surface area contributed by atoms with E-state index in [1.807, 2.05) is 31.2 Å². The van der Waals surface area contributed by atoms with E-state index in [1.54, 1.807) is 24.3 Å². The minimum atomic E-state index is -0.243. The quantitative estimate of drug-likeness (QED) is 0.702. The molecule has 1 heterocycles. The predicted molar refractivity (Wildman–Crippen MR) is 97.9 cm³/mol. The lowest BCUT2D eigenvalue weighted by Gasteiger charge is -2.08. The highest BCUT2D eigenvalue weighted by Gasteiger charge is 2.08. The van der Waals surface area contributed by atoms with E-state index in [-0.39, 0.29) is 24.4 Å². The Kier molecular flexibility index (Phi) is 5.58. The number of aryl methyl sites for hydroxylation is 1. The van der Waals surface area contributed by atoms with Crippen molar-refractivity contribution in [3.63, 3.8) is 0 Å². The van der Waals surface area contributed by atoms with Crippen LogP contribution in [-0.2, 0) is 17.9 Å². The SMILES string of the molecule is CCOc1cccc(CNC(=O)CCn2nnc3ccccc3c2=O)c1. The first-order valence-electron chi connectivity index (χ1n) is 8.48. The normalized spacial score (nSPS) is 10.7. The summed E-state index contributed by atoms with van der Waals surface area (Å²) in [5.74, 6) is 0.617. The first kappa shape index (κ1) is 17.6. The third-order valence-corrected chi connectivity index (χ3v) is 3.88. The number of amides is 1. The molecule has 0 aliphatic heterocycles. The summed E-state index contributed by atoms with van der Waals surface area (Å²) in [6, 6.07) is 14.6. The van der Waals surface area contributed by atoms with Gasteiger partial charge in [-0.05, 0) is 36.8 Å². The maximum atomic E-state index is 12.3. The Labute approximate surface area is 150 Å². The fourth-order valence-corrected chi connectivity index (χ4v) is 2.58. The van der Waals surface area contributed by atoms with Crippen molar-refractivity contribution in [1.82, 2.24) is 20.3 Å². The molecule has 2 aromatic carbocycles. The molecule has 0 saturated carbocycles. The molecule has 3 rings (SSSR count). The van der Waals surface area contributed by atoms with E-state index in [9.17, 15) is 9.59 Å². The molecule has 0 aliphatic rings. The van der Waals surface area contributed by atoms with Crippen molar-refractivity contribution >= 4 is 16.8 Å². The zero-order valence-electron chi connectivity index (χ0n) is 14.5. The molecule has 0 atom stereocenters. The predicted octanol–water partition coefficient (Wildman–Crippen LogP) is 1.90. The lowest BCUT2D eigenvalue weighted by Crippen LogP contribution is -2.29. The van der Waals surface area contributed by atoms with Crippen molar-refractivity contribution < 1.29 is 9.53 Å². The van der Waals surface area contributed by atoms with Crippen LogP contribution >= 0.6 is 0 Å². The van der Waals surface area contributed by atoms with Crippen LogP contribution in [0.4, 0.5) is 0 Å². The minimum Gasteiger partial charge on any atom is -0.494 e. The van der Waals surface area contributed by atoms with Gasteiger partial charge >= 0.3 is 0 Å². The summed E-state index contributed by atoms with van der Waals surface area (Å²) in [6.45, 7) is 3.10. The largest absolute Gasteiger partial charge is 0.494 e. The highest BCUT2D eigenvalue weighted by molar-refractivity contribution is 5.77. The molecule has 3 aromatic rings. The van der Waals surface area contributed by atoms with Crippen molar-refractivity contribution in [2.24, 2.45) is 0 Å². The molecule has 0 unspecified atom stereocenters. The summed E-state index contributed by atoms with van der Waals surface area (Å²) in [5, 5.41) is 11.2. The van der Waals surface area contributed by atoms with Crippen molar-refractivity contribution in [2.75, 3.05) is 6.61 Å². The Hall–Kier alpha value is -3.22. The van der Waals surface area contributed by atoms with Crippen LogP contribution in [0.1, 0.15) is 18.9 Å². The monoisotopic (exact) mass is 352 g/mol. The van der Waals surface area contributed by atoms with Crippen LogP contribution in [0.5, 0.6) is 5.75 Å². The molecular formula is C19H20N4O3. The molecule has 7 nitrogen and oxygen atoms in total. The van der Waals surface area contributed by atoms with E-state index >= 15 is 0 Å². The zero-order valence-corrected chi connectivity index (χ0v) is 14.5. The van der Waals surface area contributed by atoms with Crippen LogP contribution < -0.4 is 15.6 Å². The first-order valence-corrected chi connectivity index (χ1v) is 8.48. The lowest BCUT2D eigenvalue weighted by atomic mass is 10.2. The molecule has 1 aromatic heterocycles. The Bertz CT molecular complexity index is 968. The van der Waals surface area contributed by atoms with Gasteiger partial charge in [0.1, 0.15) is 11.3 Å². The second-order valence-electron chi connectivity index (χ2n) is 5.74. The second-order valence-corrected chi connectivity index (χ2v) is 5.74. The zero-order chi connectivity index (χ0) is 18.4. The van der Waals surface area contributed by atoms with Crippen LogP contribution in [0.3, 0.4) is 0 Å². The van der Waals surface area contributed by atoms with Gasteiger partial charge in [-0.25, -0.2) is 4.68 Å². The van der Waals surface area contributed by atoms with Gasteiger partial charge in [0.2, 0.25) is 5.91 Å². The van der Waals surface area contributed by atoms with Gasteiger partial charge in [-0.15, -0.1) is 5.10 Å². The number of nitrogens with zero attached hydrogens (tertiary/aromatic N) is 3. The van der Waals surface area contributed by atoms with Crippen LogP contribution in [0.25, 0.3) is 10.9 Å². The number of nitrogens with one attached hydrogen (secondary N) is 1. The molecule has 0 spiro atoms. The Morgan fingerprint density at radius 2 is 2.04 bits per heavy atom. The summed E-state index contributed by atoms with van der Waals surface area (Å²) in [5.41, 5.74) is 1.26. The van der Waals surface area contributed by atoms with E-state index < -0.39 is 0 Å². The summed E-state index contributed by atoms with van der Waals surface area (Å²) in [4.78, 5) is 24.4. The van der Waals surface area contributed by atoms with Gasteiger partial charge in [-0.2, -0.15) is 0 Å². The van der Waals surface area contributed by atoms with E-state index in [2.05, 4.69) is 15.6 Å². The van der Waals surface area contributed by atoms with Gasteiger partial charge < -0.3 is 10.1 Å². The summed E-state index contributed by atoms with van der Waals surface area (Å²) in [7, 11) is 0. The molecule has 0 fully saturated rings. The smallest absolute Gasteiger partial charge is 0.277 e. The van der Waals surface area contributed by atoms with Crippen molar-refractivity contribution in [3.8, 4) is 5.75 Å². The van der Waals surface area contributed by atoms with Crippen LogP contribution in [0.2, 0.25) is 0 Å². The number of hydrogen-bond donors (Lipinski definition) is 1. The third kappa shape index (κ3) is 4.24. The number of fused-ring (bicyclic) bond motifs is 1. The van der Waals surface area contributed by atoms with E-state index in [0.29, 0.717) is 24.1 Å². The second kappa shape index (κ2) is 8.24. The lowest BCUT2D eigenvalue weighted by molar-refractivity contribution is -0.121. The number of benzene rings is 2. The van der Waals surface area contributed by atoms with Crippen LogP contribution in [0.15, 0.2) is 53.3 Å². The molecule has 7 heteroatoms. The van der Waals surface area contributed by atoms with Gasteiger partial charge in [0.05, 0.1) is 18.5 Å². The topological polar surface area (TPSA) is 86.1 Å². The highest BCUT2D eigenvalue weighted by Crippen LogP contribution is 2.13. The number of carbonyl (C=O) groups is 1. The third-order valence-electron chi connectivity index (χ3n) is 3.88. The van der Waals surface area contributed by atoms with Crippen molar-refractivity contribution in [1.29, 1.82) is 0 Å². The maximum absolute atomic E-state index is 12.3. The minimum absolute atomic E-state index is 0.151. The molecule has 0 aliphatic carbocycles. The number of carbonyl (C=O) groups excluding carboxylic acids is 1. The van der Waals surface area contributed by atoms with Gasteiger partial charge in [0, 0.05) is 13.0 Å². The number of hydrogen-bond acceptors (Lipinski definition) is 5. The van der Waals surface area contributed by atoms with E-state index in [0.717, 1.165) is 11.3 Å². The highest BCUT2D eigenvalue weighted by atomic mass is 16.5. The first-order chi connectivity index (χ1) is 12.7. The Morgan fingerprint density at radius 1 is 1.19 bits per heavy atom. The average molecular weight is 352 g/mol. The van der Waals surface area contributed by atoms with Gasteiger partial charge in [0.15, 0.2) is 0 Å². The Balaban J connectivity index is 1.57. The van der Waals surface area contributed by atoms with Crippen LogP contribution in [-0.4, -0.2) is 27.5 Å². The molecule has 0 bridgehead atoms. The summed E-state index contributed by atoms with van der Waals surface area (Å²) >= 11 is 0. The van der Waals surface area contributed by atoms with Gasteiger partial charge in [-0.1, -0.05) is 29.5 Å². The van der Waals surface area contributed by atoms with E-state index in [4.69, 9.17) is 4.74 Å². The molecule has 26 heavy (non-hydrogen) atoms. The Morgan fingerprint density at radius 3 is 2.88 bits per heavy atom. The number of ether oxygens (including phenoxy) is 1. The molecule has 1 N–H and O–H groups in total. The van der Waals surface area contributed by atoms with Crippen LogP contribution in [0, 0.1) is 0 Å². The molecule has 134 valence electrons. The van der Waals surface area contributed by atoms with Crippen molar-refractivity contribution in [3.05, 3.63) is 64.4 Å². The fourth-order valence-electron chi connectivity index (χ4n) is 2.58. The fraction of sp³-hybridized carbons (Fsp3) is 0.263. The molecule has 0 radical (unpaired) electrons. The van der Waals surface area contributed by atoms with E-state index in [1.165, 1.54) is 4.68 Å². The van der Waals surface area contributed by atoms with Gasteiger partial charge in [-0.3, -0.25) is 9.59 Å². The molecule has 1 amide bonds. The average Bonchev–Trinajstić information content (AvgIpc) is 2.67. The van der Waals surface area contributed by atoms with Crippen molar-refractivity contribution in [2.45, 2.75) is 26.4 Å².